The van der Waals surface area contributed by atoms with Crippen LogP contribution in [0.5, 0.6) is 5.75 Å². The second kappa shape index (κ2) is 8.13. The van der Waals surface area contributed by atoms with Crippen LogP contribution < -0.4 is 4.52 Å². The van der Waals surface area contributed by atoms with E-state index in [0.717, 1.165) is 39.3 Å². The van der Waals surface area contributed by atoms with Crippen LogP contribution in [0.15, 0.2) is 41.4 Å². The zero-order valence-corrected chi connectivity index (χ0v) is 17.6. The third-order valence-corrected chi connectivity index (χ3v) is 5.75. The van der Waals surface area contributed by atoms with Crippen LogP contribution in [0.2, 0.25) is 10.0 Å². The first-order valence-electron chi connectivity index (χ1n) is 8.96. The fraction of sp³-hybridized carbons (Fsp3) is 0.333. The lowest BCUT2D eigenvalue weighted by atomic mass is 10.0. The molecule has 11 heteroatoms. The van der Waals surface area contributed by atoms with E-state index in [0.29, 0.717) is 22.1 Å². The van der Waals surface area contributed by atoms with Crippen molar-refractivity contribution in [1.29, 1.82) is 0 Å². The monoisotopic (exact) mass is 457 g/mol. The van der Waals surface area contributed by atoms with Gasteiger partial charge in [-0.3, -0.25) is 9.59 Å². The Morgan fingerprint density at radius 1 is 0.897 bits per heavy atom. The molecule has 4 aliphatic rings. The second-order valence-electron chi connectivity index (χ2n) is 6.78. The lowest BCUT2D eigenvalue weighted by Crippen LogP contribution is -2.29. The Labute approximate surface area is 178 Å². The van der Waals surface area contributed by atoms with Gasteiger partial charge in [0, 0.05) is 45.3 Å². The second-order valence-corrected chi connectivity index (χ2v) is 8.25. The SMILES string of the molecule is O=C1C=C(N2CC2)C(=O)C(N2CC2)=C1N1CC1.OP(O)Oc1cccc(Cl)c1Cl. The minimum Gasteiger partial charge on any atom is -0.425 e. The Balaban J connectivity index is 0.000000152. The number of nitrogens with zero attached hydrogens (tertiary/aromatic N) is 3. The molecule has 154 valence electrons. The number of allylic oxidation sites excluding steroid dienone is 1. The molecule has 0 aromatic heterocycles. The van der Waals surface area contributed by atoms with Gasteiger partial charge in [0.25, 0.3) is 0 Å². The molecule has 0 atom stereocenters. The molecule has 0 spiro atoms. The van der Waals surface area contributed by atoms with E-state index in [9.17, 15) is 9.59 Å². The Bertz CT molecular complexity index is 924. The average Bonchev–Trinajstić information content (AvgIpc) is 3.53. The van der Waals surface area contributed by atoms with Gasteiger partial charge in [0.2, 0.25) is 11.6 Å². The van der Waals surface area contributed by atoms with E-state index in [4.69, 9.17) is 33.0 Å². The highest BCUT2D eigenvalue weighted by Crippen LogP contribution is 2.38. The molecule has 0 bridgehead atoms. The van der Waals surface area contributed by atoms with Gasteiger partial charge in [-0.1, -0.05) is 29.3 Å². The number of ketones is 2. The fourth-order valence-corrected chi connectivity index (χ4v) is 3.63. The van der Waals surface area contributed by atoms with E-state index in [2.05, 4.69) is 4.52 Å². The first-order valence-corrected chi connectivity index (χ1v) is 10.9. The van der Waals surface area contributed by atoms with Crippen molar-refractivity contribution in [2.45, 2.75) is 0 Å². The van der Waals surface area contributed by atoms with E-state index in [1.807, 2.05) is 14.7 Å². The summed E-state index contributed by atoms with van der Waals surface area (Å²) < 4.78 is 4.59. The number of Topliss-reactive ketones (excluding diaryl/α,β-unsaturated/α-hetero) is 1. The molecule has 3 saturated heterocycles. The van der Waals surface area contributed by atoms with Crippen LogP contribution in [-0.2, 0) is 9.59 Å². The van der Waals surface area contributed by atoms with Crippen molar-refractivity contribution in [1.82, 2.24) is 14.7 Å². The Morgan fingerprint density at radius 2 is 1.48 bits per heavy atom. The van der Waals surface area contributed by atoms with Crippen molar-refractivity contribution >= 4 is 43.4 Å². The van der Waals surface area contributed by atoms with Crippen LogP contribution in [0.4, 0.5) is 0 Å². The number of carbonyl (C=O) groups excluding carboxylic acids is 2. The lowest BCUT2D eigenvalue weighted by molar-refractivity contribution is -0.117. The molecule has 5 rings (SSSR count). The van der Waals surface area contributed by atoms with Gasteiger partial charge in [0.1, 0.15) is 22.2 Å². The highest BCUT2D eigenvalue weighted by atomic mass is 35.5. The van der Waals surface area contributed by atoms with E-state index >= 15 is 0 Å². The third kappa shape index (κ3) is 4.68. The van der Waals surface area contributed by atoms with Crippen LogP contribution in [-0.4, -0.2) is 75.3 Å². The minimum absolute atomic E-state index is 0.00546. The Kier molecular flexibility index (Phi) is 5.73. The third-order valence-electron chi connectivity index (χ3n) is 4.58. The molecule has 3 heterocycles. The highest BCUT2D eigenvalue weighted by Gasteiger charge is 2.43. The molecular weight excluding hydrogens is 440 g/mol. The maximum absolute atomic E-state index is 12.4. The first-order chi connectivity index (χ1) is 13.9. The fourth-order valence-electron chi connectivity index (χ4n) is 2.92. The normalized spacial score (nSPS) is 19.9. The van der Waals surface area contributed by atoms with E-state index in [1.54, 1.807) is 12.1 Å². The van der Waals surface area contributed by atoms with E-state index < -0.39 is 8.60 Å². The molecular formula is C18H18Cl2N3O5P. The number of hydrogen-bond acceptors (Lipinski definition) is 8. The summed E-state index contributed by atoms with van der Waals surface area (Å²) in [7, 11) is -2.45. The zero-order chi connectivity index (χ0) is 20.7. The van der Waals surface area contributed by atoms with Crippen LogP contribution in [0, 0.1) is 0 Å². The number of benzene rings is 1. The standard InChI is InChI=1S/C12H13N3O2.C6H5Cl2O3P/c16-9-7-8(13-1-2-13)12(17)11(15-5-6-15)10(9)14-3-4-14;7-4-2-1-3-5(6(4)8)11-12(9)10/h7H,1-6H2;1-3,9-10H. The molecule has 1 aromatic rings. The molecule has 8 nitrogen and oxygen atoms in total. The molecule has 0 amide bonds. The Morgan fingerprint density at radius 3 is 2.03 bits per heavy atom. The molecule has 1 aromatic carbocycles. The van der Waals surface area contributed by atoms with Crippen LogP contribution in [0.1, 0.15) is 0 Å². The van der Waals surface area contributed by atoms with Gasteiger partial charge >= 0.3 is 8.60 Å². The van der Waals surface area contributed by atoms with Crippen molar-refractivity contribution < 1.29 is 23.9 Å². The number of hydrogen-bond donors (Lipinski definition) is 2. The van der Waals surface area contributed by atoms with E-state index in [1.165, 1.54) is 12.1 Å². The van der Waals surface area contributed by atoms with Crippen molar-refractivity contribution in [3.05, 3.63) is 51.4 Å². The van der Waals surface area contributed by atoms with Crippen LogP contribution >= 0.6 is 31.8 Å². The molecule has 29 heavy (non-hydrogen) atoms. The van der Waals surface area contributed by atoms with Crippen molar-refractivity contribution in [2.24, 2.45) is 0 Å². The maximum atomic E-state index is 12.4. The smallest absolute Gasteiger partial charge is 0.391 e. The minimum atomic E-state index is -2.45. The molecule has 0 radical (unpaired) electrons. The summed E-state index contributed by atoms with van der Waals surface area (Å²) in [6.07, 6.45) is 1.52. The molecule has 2 N–H and O–H groups in total. The summed E-state index contributed by atoms with van der Waals surface area (Å²) in [6, 6.07) is 4.67. The number of carbonyl (C=O) groups is 2. The first kappa shape index (κ1) is 20.4. The summed E-state index contributed by atoms with van der Waals surface area (Å²) in [6.45, 7) is 5.41. The number of rotatable bonds is 5. The van der Waals surface area contributed by atoms with Gasteiger partial charge in [-0.2, -0.15) is 0 Å². The van der Waals surface area contributed by atoms with Gasteiger partial charge in [-0.25, -0.2) is 0 Å². The molecule has 1 aliphatic carbocycles. The summed E-state index contributed by atoms with van der Waals surface area (Å²) in [5.41, 5.74) is 1.89. The van der Waals surface area contributed by atoms with Crippen molar-refractivity contribution in [3.63, 3.8) is 0 Å². The highest BCUT2D eigenvalue weighted by molar-refractivity contribution is 7.39. The van der Waals surface area contributed by atoms with Crippen LogP contribution in [0.25, 0.3) is 0 Å². The maximum Gasteiger partial charge on any atom is 0.391 e. The summed E-state index contributed by atoms with van der Waals surface area (Å²) in [4.78, 5) is 47.5. The topological polar surface area (TPSA) is 92.9 Å². The van der Waals surface area contributed by atoms with Crippen LogP contribution in [0.3, 0.4) is 0 Å². The van der Waals surface area contributed by atoms with Gasteiger partial charge in [0.15, 0.2) is 0 Å². The average molecular weight is 458 g/mol. The van der Waals surface area contributed by atoms with Crippen molar-refractivity contribution in [2.75, 3.05) is 39.3 Å². The van der Waals surface area contributed by atoms with Gasteiger partial charge in [-0.05, 0) is 12.1 Å². The molecule has 0 saturated carbocycles. The predicted octanol–water partition coefficient (Wildman–Crippen LogP) is 1.76. The lowest BCUT2D eigenvalue weighted by Gasteiger charge is -2.21. The summed E-state index contributed by atoms with van der Waals surface area (Å²) in [5.74, 6) is 0.215. The quantitative estimate of drug-likeness (QED) is 0.392. The van der Waals surface area contributed by atoms with Gasteiger partial charge in [0.05, 0.1) is 10.7 Å². The van der Waals surface area contributed by atoms with Gasteiger partial charge in [-0.15, -0.1) is 0 Å². The molecule has 0 unspecified atom stereocenters. The molecule has 3 aliphatic heterocycles. The predicted molar refractivity (Wildman–Crippen MR) is 108 cm³/mol. The summed E-state index contributed by atoms with van der Waals surface area (Å²) >= 11 is 11.3. The van der Waals surface area contributed by atoms with E-state index in [-0.39, 0.29) is 22.3 Å². The summed E-state index contributed by atoms with van der Waals surface area (Å²) in [5, 5.41) is 0.487. The van der Waals surface area contributed by atoms with Crippen molar-refractivity contribution in [3.8, 4) is 5.75 Å². The van der Waals surface area contributed by atoms with Gasteiger partial charge < -0.3 is 29.0 Å². The largest absolute Gasteiger partial charge is 0.425 e. The number of halogens is 2. The zero-order valence-electron chi connectivity index (χ0n) is 15.2. The Hall–Kier alpha value is -1.83. The molecule has 3 fully saturated rings.